The van der Waals surface area contributed by atoms with Crippen molar-refractivity contribution in [1.29, 1.82) is 0 Å². The molecule has 2 nitrogen and oxygen atoms in total. The lowest BCUT2D eigenvalue weighted by atomic mass is 9.95. The Morgan fingerprint density at radius 3 is 2.47 bits per heavy atom. The number of nitrogens with one attached hydrogen (secondary N) is 1. The first kappa shape index (κ1) is 13.8. The Kier molecular flexibility index (Phi) is 4.33. The molecule has 19 heavy (non-hydrogen) atoms. The topological polar surface area (TPSA) is 24.9 Å². The molecule has 1 aromatic heterocycles. The summed E-state index contributed by atoms with van der Waals surface area (Å²) >= 11 is 0. The standard InChI is InChI=1S/C17H22N2/c1-5-18-17(15-9-7-6-8-13(15)3)16-14(4)10-12(2)11-19-16/h6-11,17-18H,5H2,1-4H3. The Morgan fingerprint density at radius 1 is 1.11 bits per heavy atom. The Bertz CT molecular complexity index is 561. The average Bonchev–Trinajstić information content (AvgIpc) is 2.38. The van der Waals surface area contributed by atoms with Crippen molar-refractivity contribution in [2.75, 3.05) is 6.54 Å². The zero-order chi connectivity index (χ0) is 13.8. The minimum Gasteiger partial charge on any atom is -0.305 e. The van der Waals surface area contributed by atoms with E-state index in [1.807, 2.05) is 6.20 Å². The second kappa shape index (κ2) is 5.98. The SMILES string of the molecule is CCNC(c1ccccc1C)c1ncc(C)cc1C. The molecule has 2 aromatic rings. The van der Waals surface area contributed by atoms with Gasteiger partial charge in [-0.25, -0.2) is 0 Å². The largest absolute Gasteiger partial charge is 0.305 e. The zero-order valence-electron chi connectivity index (χ0n) is 12.2. The zero-order valence-corrected chi connectivity index (χ0v) is 12.2. The summed E-state index contributed by atoms with van der Waals surface area (Å²) < 4.78 is 0. The Hall–Kier alpha value is -1.67. The molecule has 0 fully saturated rings. The lowest BCUT2D eigenvalue weighted by molar-refractivity contribution is 0.609. The maximum absolute atomic E-state index is 4.65. The van der Waals surface area contributed by atoms with Crippen molar-refractivity contribution in [3.8, 4) is 0 Å². The van der Waals surface area contributed by atoms with Crippen LogP contribution in [0.5, 0.6) is 0 Å². The first-order valence-electron chi connectivity index (χ1n) is 6.85. The highest BCUT2D eigenvalue weighted by Gasteiger charge is 2.18. The summed E-state index contributed by atoms with van der Waals surface area (Å²) in [6.07, 6.45) is 1.95. The fraction of sp³-hybridized carbons (Fsp3) is 0.353. The van der Waals surface area contributed by atoms with Crippen LogP contribution in [-0.2, 0) is 0 Å². The van der Waals surface area contributed by atoms with E-state index in [0.29, 0.717) is 0 Å². The number of rotatable bonds is 4. The number of aryl methyl sites for hydroxylation is 3. The predicted molar refractivity (Wildman–Crippen MR) is 80.4 cm³/mol. The second-order valence-corrected chi connectivity index (χ2v) is 5.06. The van der Waals surface area contributed by atoms with E-state index in [0.717, 1.165) is 12.2 Å². The molecule has 0 saturated heterocycles. The van der Waals surface area contributed by atoms with Gasteiger partial charge in [0.1, 0.15) is 0 Å². The fourth-order valence-corrected chi connectivity index (χ4v) is 2.50. The molecule has 0 saturated carbocycles. The first-order chi connectivity index (χ1) is 9.13. The van der Waals surface area contributed by atoms with Gasteiger partial charge in [0, 0.05) is 6.20 Å². The van der Waals surface area contributed by atoms with Gasteiger partial charge in [-0.1, -0.05) is 37.3 Å². The van der Waals surface area contributed by atoms with Gasteiger partial charge in [0.25, 0.3) is 0 Å². The van der Waals surface area contributed by atoms with Gasteiger partial charge in [-0.2, -0.15) is 0 Å². The van der Waals surface area contributed by atoms with E-state index in [1.165, 1.54) is 22.3 Å². The van der Waals surface area contributed by atoms with Gasteiger partial charge < -0.3 is 5.32 Å². The van der Waals surface area contributed by atoms with Gasteiger partial charge in [0.15, 0.2) is 0 Å². The van der Waals surface area contributed by atoms with Crippen LogP contribution in [0.3, 0.4) is 0 Å². The van der Waals surface area contributed by atoms with Crippen molar-refractivity contribution in [3.63, 3.8) is 0 Å². The molecule has 2 rings (SSSR count). The van der Waals surface area contributed by atoms with Crippen LogP contribution in [0.4, 0.5) is 0 Å². The third kappa shape index (κ3) is 3.02. The van der Waals surface area contributed by atoms with Gasteiger partial charge in [0.2, 0.25) is 0 Å². The van der Waals surface area contributed by atoms with E-state index in [2.05, 4.69) is 68.3 Å². The third-order valence-electron chi connectivity index (χ3n) is 3.44. The van der Waals surface area contributed by atoms with Gasteiger partial charge in [-0.05, 0) is 49.6 Å². The van der Waals surface area contributed by atoms with Crippen molar-refractivity contribution >= 4 is 0 Å². The monoisotopic (exact) mass is 254 g/mol. The van der Waals surface area contributed by atoms with Crippen molar-refractivity contribution in [2.45, 2.75) is 33.7 Å². The van der Waals surface area contributed by atoms with Crippen LogP contribution >= 0.6 is 0 Å². The lowest BCUT2D eigenvalue weighted by Crippen LogP contribution is -2.24. The first-order valence-corrected chi connectivity index (χ1v) is 6.85. The maximum atomic E-state index is 4.65. The van der Waals surface area contributed by atoms with E-state index < -0.39 is 0 Å². The van der Waals surface area contributed by atoms with E-state index in [-0.39, 0.29) is 6.04 Å². The van der Waals surface area contributed by atoms with Crippen LogP contribution in [0.15, 0.2) is 36.5 Å². The van der Waals surface area contributed by atoms with Crippen LogP contribution in [0.25, 0.3) is 0 Å². The van der Waals surface area contributed by atoms with Crippen LogP contribution in [-0.4, -0.2) is 11.5 Å². The molecule has 0 bridgehead atoms. The van der Waals surface area contributed by atoms with E-state index in [4.69, 9.17) is 0 Å². The third-order valence-corrected chi connectivity index (χ3v) is 3.44. The molecule has 1 N–H and O–H groups in total. The van der Waals surface area contributed by atoms with E-state index in [9.17, 15) is 0 Å². The minimum atomic E-state index is 0.173. The Morgan fingerprint density at radius 2 is 1.84 bits per heavy atom. The summed E-state index contributed by atoms with van der Waals surface area (Å²) in [6.45, 7) is 9.43. The number of hydrogen-bond donors (Lipinski definition) is 1. The van der Waals surface area contributed by atoms with Gasteiger partial charge in [-0.3, -0.25) is 4.98 Å². The number of aromatic nitrogens is 1. The minimum absolute atomic E-state index is 0.173. The molecule has 0 aliphatic heterocycles. The smallest absolute Gasteiger partial charge is 0.0756 e. The molecule has 0 aliphatic rings. The number of hydrogen-bond acceptors (Lipinski definition) is 2. The highest BCUT2D eigenvalue weighted by Crippen LogP contribution is 2.25. The van der Waals surface area contributed by atoms with Crippen LogP contribution in [0.2, 0.25) is 0 Å². The molecular formula is C17H22N2. The fourth-order valence-electron chi connectivity index (χ4n) is 2.50. The normalized spacial score (nSPS) is 12.4. The van der Waals surface area contributed by atoms with E-state index >= 15 is 0 Å². The summed E-state index contributed by atoms with van der Waals surface area (Å²) in [7, 11) is 0. The molecule has 0 amide bonds. The number of benzene rings is 1. The summed E-state index contributed by atoms with van der Waals surface area (Å²) in [4.78, 5) is 4.65. The molecule has 0 spiro atoms. The van der Waals surface area contributed by atoms with E-state index in [1.54, 1.807) is 0 Å². The molecule has 0 aliphatic carbocycles. The molecule has 1 heterocycles. The highest BCUT2D eigenvalue weighted by molar-refractivity contribution is 5.37. The molecule has 1 unspecified atom stereocenters. The maximum Gasteiger partial charge on any atom is 0.0756 e. The lowest BCUT2D eigenvalue weighted by Gasteiger charge is -2.21. The Labute approximate surface area is 115 Å². The summed E-state index contributed by atoms with van der Waals surface area (Å²) in [5.74, 6) is 0. The molecule has 2 heteroatoms. The van der Waals surface area contributed by atoms with Crippen molar-refractivity contribution in [2.24, 2.45) is 0 Å². The number of nitrogens with zero attached hydrogens (tertiary/aromatic N) is 1. The molecule has 1 aromatic carbocycles. The molecular weight excluding hydrogens is 232 g/mol. The summed E-state index contributed by atoms with van der Waals surface area (Å²) in [5, 5.41) is 3.55. The van der Waals surface area contributed by atoms with Crippen molar-refractivity contribution in [3.05, 3.63) is 64.5 Å². The molecule has 100 valence electrons. The van der Waals surface area contributed by atoms with Gasteiger partial charge in [-0.15, -0.1) is 0 Å². The summed E-state index contributed by atoms with van der Waals surface area (Å²) in [6, 6.07) is 10.9. The Balaban J connectivity index is 2.48. The average molecular weight is 254 g/mol. The summed E-state index contributed by atoms with van der Waals surface area (Å²) in [5.41, 5.74) is 6.19. The van der Waals surface area contributed by atoms with Gasteiger partial charge >= 0.3 is 0 Å². The quantitative estimate of drug-likeness (QED) is 0.899. The number of pyridine rings is 1. The highest BCUT2D eigenvalue weighted by atomic mass is 14.9. The van der Waals surface area contributed by atoms with Crippen LogP contribution in [0, 0.1) is 20.8 Å². The molecule has 1 atom stereocenters. The van der Waals surface area contributed by atoms with Crippen molar-refractivity contribution in [1.82, 2.24) is 10.3 Å². The second-order valence-electron chi connectivity index (χ2n) is 5.06. The predicted octanol–water partition coefficient (Wildman–Crippen LogP) is 3.71. The van der Waals surface area contributed by atoms with Gasteiger partial charge in [0.05, 0.1) is 11.7 Å². The molecule has 0 radical (unpaired) electrons. The van der Waals surface area contributed by atoms with Crippen molar-refractivity contribution < 1.29 is 0 Å². The van der Waals surface area contributed by atoms with Crippen LogP contribution < -0.4 is 5.32 Å². The van der Waals surface area contributed by atoms with Crippen LogP contribution in [0.1, 0.15) is 40.9 Å².